The monoisotopic (exact) mass is 633 g/mol. The molecule has 0 saturated heterocycles. The summed E-state index contributed by atoms with van der Waals surface area (Å²) in [4.78, 5) is 15.4. The minimum atomic E-state index is 0.543. The molecule has 6 aromatic carbocycles. The van der Waals surface area contributed by atoms with Crippen molar-refractivity contribution in [1.29, 1.82) is 0 Å². The fourth-order valence-corrected chi connectivity index (χ4v) is 7.93. The maximum absolute atomic E-state index is 5.18. The maximum atomic E-state index is 5.18. The zero-order chi connectivity index (χ0) is 32.0. The number of rotatable bonds is 5. The van der Waals surface area contributed by atoms with E-state index in [4.69, 9.17) is 15.0 Å². The second-order valence-corrected chi connectivity index (χ2v) is 13.6. The summed E-state index contributed by atoms with van der Waals surface area (Å²) in [5.41, 5.74) is 7.80. The van der Waals surface area contributed by atoms with Gasteiger partial charge >= 0.3 is 0 Å². The van der Waals surface area contributed by atoms with Crippen molar-refractivity contribution in [3.05, 3.63) is 157 Å². The highest BCUT2D eigenvalue weighted by Crippen LogP contribution is 2.40. The highest BCUT2D eigenvalue weighted by atomic mass is 32.1. The van der Waals surface area contributed by atoms with Crippen molar-refractivity contribution in [1.82, 2.24) is 15.0 Å². The number of hydrogen-bond donors (Lipinski definition) is 0. The number of allylic oxidation sites excluding steroid dienone is 4. The van der Waals surface area contributed by atoms with Gasteiger partial charge in [-0.2, -0.15) is 0 Å². The molecule has 0 radical (unpaired) electrons. The Hall–Kier alpha value is -5.71. The predicted octanol–water partition coefficient (Wildman–Crippen LogP) is 12.0. The zero-order valence-electron chi connectivity index (χ0n) is 26.5. The van der Waals surface area contributed by atoms with Gasteiger partial charge in [-0.3, -0.25) is 0 Å². The lowest BCUT2D eigenvalue weighted by Gasteiger charge is -2.13. The van der Waals surface area contributed by atoms with Crippen LogP contribution in [0.25, 0.3) is 81.8 Å². The van der Waals surface area contributed by atoms with Crippen molar-refractivity contribution in [3.63, 3.8) is 0 Å². The van der Waals surface area contributed by atoms with Crippen molar-refractivity contribution < 1.29 is 0 Å². The molecule has 228 valence electrons. The number of benzene rings is 6. The van der Waals surface area contributed by atoms with E-state index in [1.165, 1.54) is 47.6 Å². The van der Waals surface area contributed by atoms with Crippen LogP contribution in [0.15, 0.2) is 152 Å². The number of thiophene rings is 1. The van der Waals surface area contributed by atoms with Crippen LogP contribution in [0.1, 0.15) is 18.9 Å². The molecule has 4 heteroatoms. The molecule has 2 heterocycles. The Morgan fingerprint density at radius 3 is 2.02 bits per heavy atom. The molecule has 0 saturated carbocycles. The minimum absolute atomic E-state index is 0.543. The SMILES string of the molecule is CC1C=C(c2ccc3ccc(-c4nc(-c5ccc(-c6ccccc6)cc5)nc(-c5cccc6c5sc5ccccc56)n4)cc3c2)C=CC1. The van der Waals surface area contributed by atoms with Gasteiger partial charge in [0.2, 0.25) is 0 Å². The first-order chi connectivity index (χ1) is 23.7. The van der Waals surface area contributed by atoms with Gasteiger partial charge in [0.05, 0.1) is 0 Å². The fourth-order valence-electron chi connectivity index (χ4n) is 6.72. The summed E-state index contributed by atoms with van der Waals surface area (Å²) in [6.07, 6.45) is 7.98. The van der Waals surface area contributed by atoms with Crippen LogP contribution < -0.4 is 0 Å². The molecule has 1 unspecified atom stereocenters. The molecule has 0 amide bonds. The van der Waals surface area contributed by atoms with Gasteiger partial charge in [0, 0.05) is 36.9 Å². The van der Waals surface area contributed by atoms with E-state index in [1.54, 1.807) is 11.3 Å². The lowest BCUT2D eigenvalue weighted by Crippen LogP contribution is -2.00. The summed E-state index contributed by atoms with van der Waals surface area (Å²) in [6.45, 7) is 2.27. The van der Waals surface area contributed by atoms with Gasteiger partial charge in [0.25, 0.3) is 0 Å². The Kier molecular flexibility index (Phi) is 7.02. The molecule has 1 atom stereocenters. The van der Waals surface area contributed by atoms with Crippen LogP contribution in [0, 0.1) is 5.92 Å². The first-order valence-electron chi connectivity index (χ1n) is 16.4. The van der Waals surface area contributed by atoms with Gasteiger partial charge in [-0.25, -0.2) is 15.0 Å². The number of nitrogens with zero attached hydrogens (tertiary/aromatic N) is 3. The molecule has 0 fully saturated rings. The average Bonchev–Trinajstić information content (AvgIpc) is 3.54. The average molecular weight is 634 g/mol. The van der Waals surface area contributed by atoms with Crippen molar-refractivity contribution in [2.24, 2.45) is 5.92 Å². The van der Waals surface area contributed by atoms with E-state index in [1.807, 2.05) is 6.07 Å². The van der Waals surface area contributed by atoms with Crippen molar-refractivity contribution >= 4 is 47.9 Å². The minimum Gasteiger partial charge on any atom is -0.208 e. The van der Waals surface area contributed by atoms with E-state index in [-0.39, 0.29) is 0 Å². The highest BCUT2D eigenvalue weighted by Gasteiger charge is 2.17. The van der Waals surface area contributed by atoms with Crippen LogP contribution in [-0.2, 0) is 0 Å². The second-order valence-electron chi connectivity index (χ2n) is 12.5. The molecule has 1 aliphatic carbocycles. The Labute approximate surface area is 283 Å². The van der Waals surface area contributed by atoms with E-state index in [2.05, 4.69) is 153 Å². The standard InChI is InChI=1S/C44H31N3S/c1-28-9-7-12-33(25-28)34-23-19-31-20-24-35(27-36(31)26-34)43-45-42(32-21-17-30(18-22-32)29-10-3-2-4-11-29)46-44(47-43)39-15-8-14-38-37-13-5-6-16-40(37)48-41(38)39/h2-8,10-28H,9H2,1H3. The summed E-state index contributed by atoms with van der Waals surface area (Å²) >= 11 is 1.79. The summed E-state index contributed by atoms with van der Waals surface area (Å²) < 4.78 is 2.45. The van der Waals surface area contributed by atoms with E-state index >= 15 is 0 Å². The number of aromatic nitrogens is 3. The zero-order valence-corrected chi connectivity index (χ0v) is 27.3. The van der Waals surface area contributed by atoms with E-state index in [0.717, 1.165) is 28.7 Å². The Morgan fingerprint density at radius 2 is 1.19 bits per heavy atom. The van der Waals surface area contributed by atoms with E-state index in [0.29, 0.717) is 23.4 Å². The van der Waals surface area contributed by atoms with Crippen LogP contribution in [0.5, 0.6) is 0 Å². The van der Waals surface area contributed by atoms with Crippen LogP contribution in [0.3, 0.4) is 0 Å². The van der Waals surface area contributed by atoms with Gasteiger partial charge in [-0.15, -0.1) is 11.3 Å². The normalized spacial score (nSPS) is 14.5. The molecule has 1 aliphatic rings. The van der Waals surface area contributed by atoms with Crippen molar-refractivity contribution in [3.8, 4) is 45.3 Å². The first kappa shape index (κ1) is 28.5. The molecule has 48 heavy (non-hydrogen) atoms. The van der Waals surface area contributed by atoms with Crippen LogP contribution >= 0.6 is 11.3 Å². The van der Waals surface area contributed by atoms with Crippen molar-refractivity contribution in [2.45, 2.75) is 13.3 Å². The second kappa shape index (κ2) is 11.8. The third-order valence-electron chi connectivity index (χ3n) is 9.23. The van der Waals surface area contributed by atoms with Crippen LogP contribution in [0.4, 0.5) is 0 Å². The summed E-state index contributed by atoms with van der Waals surface area (Å²) in [6, 6.07) is 47.2. The van der Waals surface area contributed by atoms with Gasteiger partial charge in [-0.05, 0) is 69.6 Å². The summed E-state index contributed by atoms with van der Waals surface area (Å²) in [5, 5.41) is 4.84. The molecule has 0 N–H and O–H groups in total. The van der Waals surface area contributed by atoms with E-state index < -0.39 is 0 Å². The lowest BCUT2D eigenvalue weighted by atomic mass is 9.92. The topological polar surface area (TPSA) is 38.7 Å². The smallest absolute Gasteiger partial charge is 0.165 e. The predicted molar refractivity (Wildman–Crippen MR) is 203 cm³/mol. The van der Waals surface area contributed by atoms with Crippen molar-refractivity contribution in [2.75, 3.05) is 0 Å². The van der Waals surface area contributed by atoms with Crippen LogP contribution in [0.2, 0.25) is 0 Å². The third-order valence-corrected chi connectivity index (χ3v) is 10.5. The van der Waals surface area contributed by atoms with Gasteiger partial charge in [-0.1, -0.05) is 134 Å². The summed E-state index contributed by atoms with van der Waals surface area (Å²) in [7, 11) is 0. The van der Waals surface area contributed by atoms with E-state index in [9.17, 15) is 0 Å². The van der Waals surface area contributed by atoms with Gasteiger partial charge < -0.3 is 0 Å². The number of fused-ring (bicyclic) bond motifs is 4. The molecule has 2 aromatic heterocycles. The summed E-state index contributed by atoms with van der Waals surface area (Å²) in [5.74, 6) is 2.55. The van der Waals surface area contributed by atoms with Crippen LogP contribution in [-0.4, -0.2) is 15.0 Å². The molecule has 3 nitrogen and oxygen atoms in total. The fraction of sp³-hybridized carbons (Fsp3) is 0.0682. The van der Waals surface area contributed by atoms with Gasteiger partial charge in [0.1, 0.15) is 0 Å². The first-order valence-corrected chi connectivity index (χ1v) is 17.2. The Morgan fingerprint density at radius 1 is 0.542 bits per heavy atom. The quantitative estimate of drug-likeness (QED) is 0.189. The molecular formula is C44H31N3S. The van der Waals surface area contributed by atoms with Gasteiger partial charge in [0.15, 0.2) is 17.5 Å². The number of hydrogen-bond acceptors (Lipinski definition) is 4. The lowest BCUT2D eigenvalue weighted by molar-refractivity contribution is 0.740. The molecule has 0 aliphatic heterocycles. The maximum Gasteiger partial charge on any atom is 0.165 e. The molecule has 0 bridgehead atoms. The highest BCUT2D eigenvalue weighted by molar-refractivity contribution is 7.26. The third kappa shape index (κ3) is 5.21. The molecule has 8 aromatic rings. The molecule has 0 spiro atoms. The molecular weight excluding hydrogens is 603 g/mol. The Bertz CT molecular complexity index is 2540. The molecule has 9 rings (SSSR count). The largest absolute Gasteiger partial charge is 0.208 e. The Balaban J connectivity index is 1.21.